The summed E-state index contributed by atoms with van der Waals surface area (Å²) in [5, 5.41) is 1.79. The smallest absolute Gasteiger partial charge is 0.464 e. The van der Waals surface area contributed by atoms with Crippen molar-refractivity contribution < 1.29 is 28.4 Å². The first kappa shape index (κ1) is 16.3. The van der Waals surface area contributed by atoms with E-state index in [0.717, 1.165) is 5.69 Å². The number of imide groups is 1. The van der Waals surface area contributed by atoms with Gasteiger partial charge in [-0.15, -0.1) is 0 Å². The van der Waals surface area contributed by atoms with Crippen molar-refractivity contribution in [3.63, 3.8) is 0 Å². The molecule has 4 nitrogen and oxygen atoms in total. The van der Waals surface area contributed by atoms with Crippen LogP contribution in [0, 0.1) is 19.9 Å². The van der Waals surface area contributed by atoms with Gasteiger partial charge in [-0.3, -0.25) is 0 Å². The van der Waals surface area contributed by atoms with E-state index in [1.165, 1.54) is 6.41 Å². The largest absolute Gasteiger partial charge is 1.00 e. The van der Waals surface area contributed by atoms with Crippen LogP contribution in [0.1, 0.15) is 12.1 Å². The van der Waals surface area contributed by atoms with Gasteiger partial charge in [-0.1, -0.05) is 6.20 Å². The second-order valence-electron chi connectivity index (χ2n) is 2.30. The number of carbonyl (C=O) groups excluding carboxylic acids is 2. The van der Waals surface area contributed by atoms with Crippen molar-refractivity contribution in [1.82, 2.24) is 10.3 Å². The van der Waals surface area contributed by atoms with Crippen LogP contribution in [0.4, 0.5) is 0 Å². The third-order valence-corrected chi connectivity index (χ3v) is 1.18. The summed E-state index contributed by atoms with van der Waals surface area (Å²) in [5.41, 5.74) is 1.04. The topological polar surface area (TPSA) is 59.1 Å². The van der Waals surface area contributed by atoms with Gasteiger partial charge in [0.2, 0.25) is 0 Å². The molecule has 15 heavy (non-hydrogen) atoms. The number of amides is 2. The summed E-state index contributed by atoms with van der Waals surface area (Å²) in [5.74, 6) is -0.407. The predicted octanol–water partition coefficient (Wildman–Crippen LogP) is -2.41. The molecule has 0 spiro atoms. The van der Waals surface area contributed by atoms with Crippen LogP contribution in [-0.4, -0.2) is 17.3 Å². The minimum absolute atomic E-state index is 0. The van der Waals surface area contributed by atoms with Crippen LogP contribution in [0.25, 0.3) is 0 Å². The molecule has 0 aliphatic heterocycles. The second-order valence-corrected chi connectivity index (χ2v) is 2.30. The molecule has 0 fully saturated rings. The van der Waals surface area contributed by atoms with E-state index in [1.807, 2.05) is 19.1 Å². The van der Waals surface area contributed by atoms with Crippen molar-refractivity contribution in [1.29, 1.82) is 0 Å². The van der Waals surface area contributed by atoms with Crippen LogP contribution in [0.15, 0.2) is 18.3 Å². The minimum Gasteiger partial charge on any atom is -0.464 e. The Morgan fingerprint density at radius 1 is 1.73 bits per heavy atom. The van der Waals surface area contributed by atoms with Gasteiger partial charge < -0.3 is 26.8 Å². The Bertz CT molecular complexity index is 278. The zero-order valence-electron chi connectivity index (χ0n) is 8.91. The third kappa shape index (κ3) is 10.8. The van der Waals surface area contributed by atoms with E-state index in [2.05, 4.69) is 18.0 Å². The van der Waals surface area contributed by atoms with Gasteiger partial charge in [-0.2, -0.15) is 12.5 Å². The predicted molar refractivity (Wildman–Crippen MR) is 51.6 cm³/mol. The van der Waals surface area contributed by atoms with Crippen molar-refractivity contribution in [2.24, 2.45) is 0 Å². The van der Waals surface area contributed by atoms with Gasteiger partial charge in [-0.05, 0) is 12.6 Å². The number of carbonyl (C=O) groups is 1. The molecular formula is C10H11LiN2O2-2. The average Bonchev–Trinajstić information content (AvgIpc) is 2.20. The molecule has 2 amide bonds. The third-order valence-electron chi connectivity index (χ3n) is 1.18. The van der Waals surface area contributed by atoms with Crippen LogP contribution in [0.5, 0.6) is 0 Å². The molecule has 1 aromatic rings. The fraction of sp³-hybridized carbons (Fsp3) is 0.200. The average molecular weight is 198 g/mol. The molecule has 76 valence electrons. The molecule has 0 atom stereocenters. The molecule has 0 unspecified atom stereocenters. The summed E-state index contributed by atoms with van der Waals surface area (Å²) in [4.78, 5) is 23.2. The molecular weight excluding hydrogens is 187 g/mol. The number of aromatic nitrogens is 1. The van der Waals surface area contributed by atoms with Crippen LogP contribution >= 0.6 is 0 Å². The van der Waals surface area contributed by atoms with Gasteiger partial charge in [0.05, 0.1) is 6.41 Å². The summed E-state index contributed by atoms with van der Waals surface area (Å²) < 4.78 is 0. The molecule has 0 aliphatic carbocycles. The molecule has 0 saturated carbocycles. The first-order valence-electron chi connectivity index (χ1n) is 3.94. The van der Waals surface area contributed by atoms with Crippen molar-refractivity contribution in [3.05, 3.63) is 37.0 Å². The van der Waals surface area contributed by atoms with Gasteiger partial charge in [-0.25, -0.2) is 12.1 Å². The number of nitrogens with one attached hydrogen (secondary N) is 1. The Balaban J connectivity index is 0. The molecule has 1 rings (SSSR count). The van der Waals surface area contributed by atoms with E-state index in [1.54, 1.807) is 11.5 Å². The van der Waals surface area contributed by atoms with Crippen LogP contribution in [-0.2, 0) is 9.59 Å². The van der Waals surface area contributed by atoms with Crippen molar-refractivity contribution in [3.8, 4) is 0 Å². The Morgan fingerprint density at radius 3 is 2.60 bits per heavy atom. The van der Waals surface area contributed by atoms with Crippen molar-refractivity contribution in [2.75, 3.05) is 0 Å². The summed E-state index contributed by atoms with van der Waals surface area (Å²) in [7, 11) is 0. The maximum atomic E-state index is 9.98. The zero-order valence-corrected chi connectivity index (χ0v) is 8.91. The molecule has 0 aliphatic rings. The quantitative estimate of drug-likeness (QED) is 0.327. The second kappa shape index (κ2) is 11.0. The Kier molecular flexibility index (Phi) is 11.9. The summed E-state index contributed by atoms with van der Waals surface area (Å²) in [6, 6.07) is 6.59. The molecule has 0 bridgehead atoms. The molecule has 0 saturated heterocycles. The number of hydrogen-bond donors (Lipinski definition) is 1. The van der Waals surface area contributed by atoms with Crippen LogP contribution in [0.3, 0.4) is 0 Å². The molecule has 1 heterocycles. The summed E-state index contributed by atoms with van der Waals surface area (Å²) in [6.45, 7) is 5.17. The van der Waals surface area contributed by atoms with Gasteiger partial charge in [0.15, 0.2) is 0 Å². The number of rotatable bonds is 2. The van der Waals surface area contributed by atoms with Crippen LogP contribution < -0.4 is 24.2 Å². The number of nitrogens with zero attached hydrogens (tertiary/aromatic N) is 1. The normalized spacial score (nSPS) is 7.60. The summed E-state index contributed by atoms with van der Waals surface area (Å²) >= 11 is 0. The monoisotopic (exact) mass is 198 g/mol. The van der Waals surface area contributed by atoms with Crippen molar-refractivity contribution >= 4 is 12.3 Å². The van der Waals surface area contributed by atoms with Crippen molar-refractivity contribution in [2.45, 2.75) is 13.3 Å². The molecule has 0 aromatic carbocycles. The fourth-order valence-corrected chi connectivity index (χ4v) is 0.513. The molecule has 5 heteroatoms. The van der Waals surface area contributed by atoms with Gasteiger partial charge >= 0.3 is 18.9 Å². The first-order valence-corrected chi connectivity index (χ1v) is 3.94. The molecule has 1 N–H and O–H groups in total. The number of pyridine rings is 1. The molecule has 0 radical (unpaired) electrons. The van der Waals surface area contributed by atoms with E-state index >= 15 is 0 Å². The van der Waals surface area contributed by atoms with Gasteiger partial charge in [0.1, 0.15) is 0 Å². The van der Waals surface area contributed by atoms with E-state index < -0.39 is 5.91 Å². The van der Waals surface area contributed by atoms with E-state index in [4.69, 9.17) is 0 Å². The Morgan fingerprint density at radius 2 is 2.40 bits per heavy atom. The van der Waals surface area contributed by atoms with E-state index in [0.29, 0.717) is 0 Å². The van der Waals surface area contributed by atoms with E-state index in [-0.39, 0.29) is 25.3 Å². The van der Waals surface area contributed by atoms with Gasteiger partial charge in [0, 0.05) is 5.91 Å². The fourth-order valence-electron chi connectivity index (χ4n) is 0.513. The maximum absolute atomic E-state index is 9.98. The zero-order chi connectivity index (χ0) is 10.8. The number of hydrogen-bond acceptors (Lipinski definition) is 3. The standard InChI is InChI=1S/C6H6N.C4H5NO2.Li/c1-6-4-2-3-5-7-6;1-2-4(7)5-3-6;/h2,4-5H,1H3;1-2H2,(H,5,6,7);/q-1;-2;+1. The van der Waals surface area contributed by atoms with Gasteiger partial charge in [0.25, 0.3) is 0 Å². The SMILES string of the molecule is Cc1cc[c-]cn1.[CH2-]CC(=O)N[C-]=O.[Li+]. The number of aryl methyl sites for hydroxylation is 1. The van der Waals surface area contributed by atoms with Crippen LogP contribution in [0.2, 0.25) is 0 Å². The minimum atomic E-state index is -0.407. The first-order chi connectivity index (χ1) is 6.70. The van der Waals surface area contributed by atoms with E-state index in [9.17, 15) is 9.59 Å². The Labute approximate surface area is 102 Å². The molecule has 1 aromatic heterocycles. The summed E-state index contributed by atoms with van der Waals surface area (Å²) in [6.07, 6.45) is 2.97. The maximum Gasteiger partial charge on any atom is 1.00 e. The Hall–Kier alpha value is -1.11.